The molecular weight excluding hydrogens is 260 g/mol. The summed E-state index contributed by atoms with van der Waals surface area (Å²) in [6, 6.07) is 4.50. The second-order valence-electron chi connectivity index (χ2n) is 5.12. The number of hydrogen-bond donors (Lipinski definition) is 3. The second kappa shape index (κ2) is 6.11. The summed E-state index contributed by atoms with van der Waals surface area (Å²) in [6.07, 6.45) is 0. The van der Waals surface area contributed by atoms with Crippen molar-refractivity contribution < 1.29 is 20.1 Å². The van der Waals surface area contributed by atoms with Crippen molar-refractivity contribution in [3.8, 4) is 11.5 Å². The molecule has 1 heterocycles. The van der Waals surface area contributed by atoms with Crippen molar-refractivity contribution in [3.05, 3.63) is 23.8 Å². The van der Waals surface area contributed by atoms with Gasteiger partial charge in [0.15, 0.2) is 0 Å². The maximum atomic E-state index is 10.7. The summed E-state index contributed by atoms with van der Waals surface area (Å²) in [4.78, 5) is 14.7. The van der Waals surface area contributed by atoms with Crippen molar-refractivity contribution in [2.75, 3.05) is 32.7 Å². The molecule has 3 N–H and O–H groups in total. The lowest BCUT2D eigenvalue weighted by Crippen LogP contribution is -2.48. The Morgan fingerprint density at radius 1 is 1.25 bits per heavy atom. The number of rotatable bonds is 4. The highest BCUT2D eigenvalue weighted by atomic mass is 16.4. The van der Waals surface area contributed by atoms with Gasteiger partial charge in [0.05, 0.1) is 6.54 Å². The van der Waals surface area contributed by atoms with Gasteiger partial charge in [-0.1, -0.05) is 0 Å². The van der Waals surface area contributed by atoms with E-state index in [1.54, 1.807) is 6.07 Å². The van der Waals surface area contributed by atoms with Gasteiger partial charge in [0.25, 0.3) is 0 Å². The van der Waals surface area contributed by atoms with Gasteiger partial charge in [-0.15, -0.1) is 0 Å². The van der Waals surface area contributed by atoms with Gasteiger partial charge in [-0.05, 0) is 25.1 Å². The maximum absolute atomic E-state index is 10.7. The zero-order valence-corrected chi connectivity index (χ0v) is 11.5. The fourth-order valence-corrected chi connectivity index (χ4v) is 2.57. The lowest BCUT2D eigenvalue weighted by molar-refractivity contribution is -0.138. The summed E-state index contributed by atoms with van der Waals surface area (Å²) in [5.74, 6) is -0.505. The molecule has 2 rings (SSSR count). The monoisotopic (exact) mass is 280 g/mol. The van der Waals surface area contributed by atoms with Crippen molar-refractivity contribution in [2.45, 2.75) is 13.0 Å². The van der Waals surface area contributed by atoms with Gasteiger partial charge in [-0.25, -0.2) is 0 Å². The van der Waals surface area contributed by atoms with Gasteiger partial charge in [0.1, 0.15) is 11.5 Å². The third-order valence-corrected chi connectivity index (χ3v) is 3.77. The van der Waals surface area contributed by atoms with Crippen LogP contribution in [0.4, 0.5) is 0 Å². The average molecular weight is 280 g/mol. The molecular formula is C14H20N2O4. The third kappa shape index (κ3) is 3.40. The van der Waals surface area contributed by atoms with E-state index in [0.717, 1.165) is 13.1 Å². The maximum Gasteiger partial charge on any atom is 0.317 e. The molecule has 0 aliphatic carbocycles. The highest BCUT2D eigenvalue weighted by Gasteiger charge is 2.24. The van der Waals surface area contributed by atoms with Crippen molar-refractivity contribution in [1.29, 1.82) is 0 Å². The topological polar surface area (TPSA) is 84.2 Å². The molecule has 6 heteroatoms. The van der Waals surface area contributed by atoms with E-state index in [4.69, 9.17) is 5.11 Å². The number of aromatic hydroxyl groups is 2. The molecule has 1 saturated heterocycles. The van der Waals surface area contributed by atoms with Crippen LogP contribution in [-0.2, 0) is 4.79 Å². The molecule has 1 unspecified atom stereocenters. The summed E-state index contributed by atoms with van der Waals surface area (Å²) in [7, 11) is 0. The number of carbonyl (C=O) groups is 1. The number of aliphatic carboxylic acids is 1. The Morgan fingerprint density at radius 3 is 2.50 bits per heavy atom. The quantitative estimate of drug-likeness (QED) is 0.709. The van der Waals surface area contributed by atoms with Crippen LogP contribution >= 0.6 is 0 Å². The van der Waals surface area contributed by atoms with Gasteiger partial charge in [0.2, 0.25) is 0 Å². The number of nitrogens with zero attached hydrogens (tertiary/aromatic N) is 2. The molecule has 110 valence electrons. The molecule has 1 aliphatic heterocycles. The van der Waals surface area contributed by atoms with Gasteiger partial charge in [-0.2, -0.15) is 0 Å². The minimum absolute atomic E-state index is 0.0194. The Morgan fingerprint density at radius 2 is 1.90 bits per heavy atom. The van der Waals surface area contributed by atoms with Crippen LogP contribution in [0.5, 0.6) is 11.5 Å². The summed E-state index contributed by atoms with van der Waals surface area (Å²) < 4.78 is 0. The van der Waals surface area contributed by atoms with Crippen molar-refractivity contribution in [2.24, 2.45) is 0 Å². The van der Waals surface area contributed by atoms with Crippen molar-refractivity contribution in [1.82, 2.24) is 9.80 Å². The molecule has 20 heavy (non-hydrogen) atoms. The number of carboxylic acids is 1. The first-order valence-corrected chi connectivity index (χ1v) is 6.67. The number of phenols is 2. The standard InChI is InChI=1S/C14H20N2O4/c1-10(12-8-11(17)2-3-13(12)18)16-6-4-15(5-7-16)9-14(19)20/h2-3,8,10,17-18H,4-7,9H2,1H3,(H,19,20). The van der Waals surface area contributed by atoms with Crippen LogP contribution in [0.15, 0.2) is 18.2 Å². The molecule has 6 nitrogen and oxygen atoms in total. The van der Waals surface area contributed by atoms with Gasteiger partial charge >= 0.3 is 5.97 Å². The Labute approximate surface area is 117 Å². The normalized spacial score (nSPS) is 18.9. The molecule has 1 aliphatic rings. The molecule has 0 aromatic heterocycles. The fourth-order valence-electron chi connectivity index (χ4n) is 2.57. The van der Waals surface area contributed by atoms with E-state index in [2.05, 4.69) is 4.90 Å². The molecule has 1 aromatic rings. The highest BCUT2D eigenvalue weighted by molar-refractivity contribution is 5.69. The van der Waals surface area contributed by atoms with Crippen LogP contribution in [-0.4, -0.2) is 63.8 Å². The Balaban J connectivity index is 1.99. The zero-order chi connectivity index (χ0) is 14.7. The number of phenolic OH excluding ortho intramolecular Hbond substituents is 2. The number of carboxylic acid groups (broad SMARTS) is 1. The SMILES string of the molecule is CC(c1cc(O)ccc1O)N1CCN(CC(=O)O)CC1. The van der Waals surface area contributed by atoms with Crippen molar-refractivity contribution in [3.63, 3.8) is 0 Å². The zero-order valence-electron chi connectivity index (χ0n) is 11.5. The number of hydrogen-bond acceptors (Lipinski definition) is 5. The molecule has 0 amide bonds. The molecule has 0 radical (unpaired) electrons. The van der Waals surface area contributed by atoms with Gasteiger partial charge in [0, 0.05) is 37.8 Å². The first kappa shape index (κ1) is 14.6. The first-order valence-electron chi connectivity index (χ1n) is 6.67. The van der Waals surface area contributed by atoms with Crippen LogP contribution < -0.4 is 0 Å². The Bertz CT molecular complexity index is 484. The minimum Gasteiger partial charge on any atom is -0.508 e. The number of benzene rings is 1. The minimum atomic E-state index is -0.808. The average Bonchev–Trinajstić information content (AvgIpc) is 2.41. The summed E-state index contributed by atoms with van der Waals surface area (Å²) in [6.45, 7) is 4.90. The molecule has 0 bridgehead atoms. The van der Waals surface area contributed by atoms with Gasteiger partial charge in [-0.3, -0.25) is 14.6 Å². The second-order valence-corrected chi connectivity index (χ2v) is 5.12. The van der Waals surface area contributed by atoms with Gasteiger partial charge < -0.3 is 15.3 Å². The summed E-state index contributed by atoms with van der Waals surface area (Å²) >= 11 is 0. The van der Waals surface area contributed by atoms with E-state index in [1.165, 1.54) is 12.1 Å². The predicted octanol–water partition coefficient (Wildman–Crippen LogP) is 0.861. The molecule has 1 fully saturated rings. The summed E-state index contributed by atoms with van der Waals surface area (Å²) in [5, 5.41) is 28.2. The molecule has 1 aromatic carbocycles. The molecule has 1 atom stereocenters. The third-order valence-electron chi connectivity index (χ3n) is 3.77. The van der Waals surface area contributed by atoms with Crippen LogP contribution in [0.25, 0.3) is 0 Å². The Hall–Kier alpha value is -1.79. The van der Waals surface area contributed by atoms with E-state index in [1.807, 2.05) is 11.8 Å². The lowest BCUT2D eigenvalue weighted by Gasteiger charge is -2.37. The molecule has 0 saturated carbocycles. The fraction of sp³-hybridized carbons (Fsp3) is 0.500. The summed E-state index contributed by atoms with van der Waals surface area (Å²) in [5.41, 5.74) is 0.691. The predicted molar refractivity (Wildman–Crippen MR) is 73.8 cm³/mol. The van der Waals surface area contributed by atoms with E-state index < -0.39 is 5.97 Å². The smallest absolute Gasteiger partial charge is 0.317 e. The Kier molecular flexibility index (Phi) is 4.46. The first-order chi connectivity index (χ1) is 9.47. The van der Waals surface area contributed by atoms with Crippen LogP contribution in [0, 0.1) is 0 Å². The van der Waals surface area contributed by atoms with Crippen LogP contribution in [0.3, 0.4) is 0 Å². The number of piperazine rings is 1. The molecule has 0 spiro atoms. The van der Waals surface area contributed by atoms with E-state index in [0.29, 0.717) is 18.7 Å². The highest BCUT2D eigenvalue weighted by Crippen LogP contribution is 2.31. The van der Waals surface area contributed by atoms with E-state index >= 15 is 0 Å². The van der Waals surface area contributed by atoms with E-state index in [-0.39, 0.29) is 24.1 Å². The van der Waals surface area contributed by atoms with E-state index in [9.17, 15) is 15.0 Å². The lowest BCUT2D eigenvalue weighted by atomic mass is 10.0. The van der Waals surface area contributed by atoms with Crippen LogP contribution in [0.2, 0.25) is 0 Å². The van der Waals surface area contributed by atoms with Crippen molar-refractivity contribution >= 4 is 5.97 Å². The largest absolute Gasteiger partial charge is 0.508 e. The van der Waals surface area contributed by atoms with Crippen LogP contribution in [0.1, 0.15) is 18.5 Å².